The van der Waals surface area contributed by atoms with Crippen molar-refractivity contribution in [1.29, 1.82) is 5.26 Å². The molecule has 0 saturated carbocycles. The Morgan fingerprint density at radius 3 is 2.48 bits per heavy atom. The fraction of sp³-hybridized carbons (Fsp3) is 0.450. The zero-order chi connectivity index (χ0) is 20.9. The van der Waals surface area contributed by atoms with Gasteiger partial charge in [0.2, 0.25) is 0 Å². The Balaban J connectivity index is 3.23. The molecule has 1 amide bonds. The Morgan fingerprint density at radius 1 is 1.41 bits per heavy atom. The molecule has 0 aromatic heterocycles. The summed E-state index contributed by atoms with van der Waals surface area (Å²) in [6.45, 7) is 14.5. The molecule has 0 aliphatic rings. The number of hydrogen-bond acceptors (Lipinski definition) is 5. The van der Waals surface area contributed by atoms with Gasteiger partial charge in [0.1, 0.15) is 11.7 Å². The first-order chi connectivity index (χ1) is 12.4. The topological polar surface area (TPSA) is 82.4 Å². The van der Waals surface area contributed by atoms with Crippen LogP contribution in [-0.4, -0.2) is 23.5 Å². The van der Waals surface area contributed by atoms with Gasteiger partial charge >= 0.3 is 6.09 Å². The maximum absolute atomic E-state index is 12.3. The summed E-state index contributed by atoms with van der Waals surface area (Å²) in [5.74, 6) is -0.350. The molecule has 0 bridgehead atoms. The number of ether oxygens (including phenoxy) is 1. The maximum Gasteiger partial charge on any atom is 0.412 e. The Hall–Kier alpha value is -2.38. The van der Waals surface area contributed by atoms with Crippen molar-refractivity contribution >= 4 is 32.6 Å². The van der Waals surface area contributed by atoms with Crippen LogP contribution in [0, 0.1) is 18.3 Å². The smallest absolute Gasteiger partial charge is 0.412 e. The molecular weight excluding hydrogens is 361 g/mol. The Bertz CT molecular complexity index is 791. The molecule has 0 saturated heterocycles. The van der Waals surface area contributed by atoms with E-state index in [0.717, 1.165) is 23.2 Å². The van der Waals surface area contributed by atoms with Crippen molar-refractivity contribution in [3.05, 3.63) is 35.4 Å². The Morgan fingerprint density at radius 2 is 2.00 bits per heavy atom. The number of ketones is 1. The number of amides is 1. The predicted molar refractivity (Wildman–Crippen MR) is 112 cm³/mol. The summed E-state index contributed by atoms with van der Waals surface area (Å²) in [4.78, 5) is 24.4. The Labute approximate surface area is 163 Å². The standard InChI is InChI=1S/C20H28N3O3P/c1-8-15-9-12(2)16(22-19(25)26-20(5,6)7)10-17(15)23(27)14(4)18(24)13(3)11-21/h9-10,14H,3,8,27H2,1-2,4-7H3,(H,22,25). The average Bonchev–Trinajstić information content (AvgIpc) is 2.58. The van der Waals surface area contributed by atoms with Gasteiger partial charge in [0.05, 0.1) is 11.6 Å². The molecule has 0 radical (unpaired) electrons. The second-order valence-electron chi connectivity index (χ2n) is 7.31. The van der Waals surface area contributed by atoms with Crippen molar-refractivity contribution < 1.29 is 14.3 Å². The van der Waals surface area contributed by atoms with E-state index in [2.05, 4.69) is 21.3 Å². The van der Waals surface area contributed by atoms with E-state index in [4.69, 9.17) is 10.00 Å². The van der Waals surface area contributed by atoms with Crippen LogP contribution >= 0.6 is 9.39 Å². The quantitative estimate of drug-likeness (QED) is 0.439. The summed E-state index contributed by atoms with van der Waals surface area (Å²) in [6, 6.07) is 4.98. The highest BCUT2D eigenvalue weighted by Gasteiger charge is 2.24. The maximum atomic E-state index is 12.3. The number of anilines is 2. The highest BCUT2D eigenvalue weighted by molar-refractivity contribution is 7.19. The zero-order valence-electron chi connectivity index (χ0n) is 16.8. The van der Waals surface area contributed by atoms with Gasteiger partial charge in [-0.2, -0.15) is 5.26 Å². The SMILES string of the molecule is C=C(C#N)C(=O)C(C)N(P)c1cc(NC(=O)OC(C)(C)C)c(C)cc1CC. The minimum absolute atomic E-state index is 0.0905. The van der Waals surface area contributed by atoms with Gasteiger partial charge in [-0.05, 0) is 67.6 Å². The second-order valence-corrected chi connectivity index (χ2v) is 7.87. The van der Waals surface area contributed by atoms with Crippen LogP contribution < -0.4 is 9.99 Å². The number of rotatable bonds is 6. The number of carbonyl (C=O) groups is 2. The van der Waals surface area contributed by atoms with Crippen molar-refractivity contribution in [2.75, 3.05) is 9.99 Å². The van der Waals surface area contributed by atoms with E-state index in [-0.39, 0.29) is 11.4 Å². The van der Waals surface area contributed by atoms with Crippen LogP contribution in [0.2, 0.25) is 0 Å². The normalized spacial score (nSPS) is 11.9. The molecule has 27 heavy (non-hydrogen) atoms. The van der Waals surface area contributed by atoms with Gasteiger partial charge < -0.3 is 9.41 Å². The number of nitrogens with one attached hydrogen (secondary N) is 1. The number of Topliss-reactive ketones (excluding diaryl/α,β-unsaturated/α-hetero) is 1. The van der Waals surface area contributed by atoms with Gasteiger partial charge in [-0.25, -0.2) is 4.79 Å². The Kier molecular flexibility index (Phi) is 7.56. The number of hydrogen-bond donors (Lipinski definition) is 1. The molecule has 6 nitrogen and oxygen atoms in total. The van der Waals surface area contributed by atoms with Gasteiger partial charge in [0, 0.05) is 11.4 Å². The van der Waals surface area contributed by atoms with Crippen LogP contribution in [0.4, 0.5) is 16.2 Å². The monoisotopic (exact) mass is 389 g/mol. The number of nitriles is 1. The molecule has 2 atom stereocenters. The summed E-state index contributed by atoms with van der Waals surface area (Å²) in [5.41, 5.74) is 2.58. The van der Waals surface area contributed by atoms with Crippen LogP contribution in [0.1, 0.15) is 45.7 Å². The van der Waals surface area contributed by atoms with Gasteiger partial charge in [-0.15, -0.1) is 0 Å². The lowest BCUT2D eigenvalue weighted by Gasteiger charge is -2.28. The van der Waals surface area contributed by atoms with Gasteiger partial charge in [-0.3, -0.25) is 10.1 Å². The van der Waals surface area contributed by atoms with E-state index < -0.39 is 17.7 Å². The molecule has 0 heterocycles. The van der Waals surface area contributed by atoms with E-state index in [1.807, 2.05) is 26.0 Å². The minimum Gasteiger partial charge on any atom is -0.444 e. The van der Waals surface area contributed by atoms with Crippen LogP contribution in [0.25, 0.3) is 0 Å². The van der Waals surface area contributed by atoms with E-state index >= 15 is 0 Å². The van der Waals surface area contributed by atoms with Crippen molar-refractivity contribution in [1.82, 2.24) is 0 Å². The molecule has 7 heteroatoms. The fourth-order valence-electron chi connectivity index (χ4n) is 2.47. The summed E-state index contributed by atoms with van der Waals surface area (Å²) in [6.07, 6.45) is 0.201. The number of nitrogens with zero attached hydrogens (tertiary/aromatic N) is 2. The van der Waals surface area contributed by atoms with Crippen LogP contribution in [-0.2, 0) is 16.0 Å². The highest BCUT2D eigenvalue weighted by atomic mass is 31.0. The van der Waals surface area contributed by atoms with Gasteiger partial charge in [0.15, 0.2) is 5.78 Å². The molecule has 2 unspecified atom stereocenters. The molecule has 1 aromatic carbocycles. The number of aryl methyl sites for hydroxylation is 2. The molecule has 0 fully saturated rings. The van der Waals surface area contributed by atoms with Crippen molar-refractivity contribution in [2.45, 2.75) is 59.6 Å². The number of benzene rings is 1. The van der Waals surface area contributed by atoms with E-state index in [1.165, 1.54) is 0 Å². The summed E-state index contributed by atoms with van der Waals surface area (Å²) >= 11 is 0. The first kappa shape index (κ1) is 22.7. The van der Waals surface area contributed by atoms with E-state index in [0.29, 0.717) is 5.69 Å². The third kappa shape index (κ3) is 6.08. The third-order valence-corrected chi connectivity index (χ3v) is 4.67. The van der Waals surface area contributed by atoms with Crippen molar-refractivity contribution in [2.24, 2.45) is 0 Å². The molecular formula is C20H28N3O3P. The van der Waals surface area contributed by atoms with Gasteiger partial charge in [0.25, 0.3) is 0 Å². The van der Waals surface area contributed by atoms with Gasteiger partial charge in [-0.1, -0.05) is 19.6 Å². The predicted octanol–water partition coefficient (Wildman–Crippen LogP) is 4.54. The summed E-state index contributed by atoms with van der Waals surface area (Å²) in [5, 5.41) is 11.7. The van der Waals surface area contributed by atoms with Crippen LogP contribution in [0.15, 0.2) is 24.3 Å². The lowest BCUT2D eigenvalue weighted by molar-refractivity contribution is -0.115. The largest absolute Gasteiger partial charge is 0.444 e. The minimum atomic E-state index is -0.602. The average molecular weight is 389 g/mol. The van der Waals surface area contributed by atoms with Crippen molar-refractivity contribution in [3.63, 3.8) is 0 Å². The molecule has 1 N–H and O–H groups in total. The molecule has 0 aliphatic heterocycles. The molecule has 0 spiro atoms. The lowest BCUT2D eigenvalue weighted by atomic mass is 10.0. The lowest BCUT2D eigenvalue weighted by Crippen LogP contribution is -2.33. The highest BCUT2D eigenvalue weighted by Crippen LogP contribution is 2.33. The first-order valence-corrected chi connectivity index (χ1v) is 9.23. The van der Waals surface area contributed by atoms with Crippen molar-refractivity contribution in [3.8, 4) is 6.07 Å². The fourth-order valence-corrected chi connectivity index (χ4v) is 2.85. The number of carbonyl (C=O) groups excluding carboxylic acids is 2. The first-order valence-electron chi connectivity index (χ1n) is 8.72. The molecule has 1 aromatic rings. The molecule has 146 valence electrons. The summed E-state index contributed by atoms with van der Waals surface area (Å²) in [7, 11) is 2.52. The summed E-state index contributed by atoms with van der Waals surface area (Å²) < 4.78 is 7.03. The molecule has 1 rings (SSSR count). The van der Waals surface area contributed by atoms with Crippen LogP contribution in [0.5, 0.6) is 0 Å². The van der Waals surface area contributed by atoms with E-state index in [9.17, 15) is 9.59 Å². The second kappa shape index (κ2) is 9.01. The third-order valence-electron chi connectivity index (χ3n) is 3.95. The zero-order valence-corrected chi connectivity index (χ0v) is 18.0. The molecule has 0 aliphatic carbocycles. The van der Waals surface area contributed by atoms with Crippen LogP contribution in [0.3, 0.4) is 0 Å². The van der Waals surface area contributed by atoms with E-state index in [1.54, 1.807) is 38.4 Å².